The summed E-state index contributed by atoms with van der Waals surface area (Å²) in [6.07, 6.45) is 0. The number of hydrogen-bond acceptors (Lipinski definition) is 7. The first kappa shape index (κ1) is 20.5. The number of hydrogen-bond donors (Lipinski definition) is 3. The predicted molar refractivity (Wildman–Crippen MR) is 110 cm³/mol. The molecule has 7 nitrogen and oxygen atoms in total. The molecular weight excluding hydrogens is 398 g/mol. The molecule has 0 aliphatic carbocycles. The van der Waals surface area contributed by atoms with Crippen molar-refractivity contribution in [2.75, 3.05) is 22.1 Å². The Bertz CT molecular complexity index is 1030. The molecule has 1 amide bonds. The molecule has 3 aromatic rings. The molecule has 0 spiro atoms. The Morgan fingerprint density at radius 1 is 1.10 bits per heavy atom. The minimum Gasteiger partial charge on any atom is -0.368 e. The van der Waals surface area contributed by atoms with E-state index in [2.05, 4.69) is 25.6 Å². The maximum atomic E-state index is 13.2. The molecule has 2 aromatic carbocycles. The largest absolute Gasteiger partial charge is 0.368 e. The molecule has 0 aliphatic rings. The maximum absolute atomic E-state index is 13.2. The van der Waals surface area contributed by atoms with Crippen molar-refractivity contribution in [3.8, 4) is 0 Å². The highest BCUT2D eigenvalue weighted by Gasteiger charge is 2.09. The molecule has 4 N–H and O–H groups in total. The van der Waals surface area contributed by atoms with E-state index < -0.39 is 11.6 Å². The molecule has 0 aliphatic heterocycles. The van der Waals surface area contributed by atoms with Gasteiger partial charge in [-0.25, -0.2) is 8.78 Å². The van der Waals surface area contributed by atoms with Crippen LogP contribution in [0.3, 0.4) is 0 Å². The lowest BCUT2D eigenvalue weighted by Gasteiger charge is -2.09. The van der Waals surface area contributed by atoms with Crippen molar-refractivity contribution in [3.63, 3.8) is 0 Å². The number of halogens is 2. The number of nitrogen functional groups attached to an aromatic ring is 1. The number of nitrogens with zero attached hydrogens (tertiary/aromatic N) is 3. The van der Waals surface area contributed by atoms with Gasteiger partial charge in [0, 0.05) is 17.4 Å². The molecule has 3 rings (SSSR count). The van der Waals surface area contributed by atoms with Crippen LogP contribution in [0.4, 0.5) is 32.1 Å². The normalized spacial score (nSPS) is 10.6. The summed E-state index contributed by atoms with van der Waals surface area (Å²) in [5, 5.41) is 5.60. The maximum Gasteiger partial charge on any atom is 0.234 e. The second-order valence-corrected chi connectivity index (χ2v) is 7.03. The second-order valence-electron chi connectivity index (χ2n) is 6.04. The van der Waals surface area contributed by atoms with E-state index in [0.717, 1.165) is 23.4 Å². The number of aryl methyl sites for hydroxylation is 1. The minimum absolute atomic E-state index is 0.0675. The molecular formula is C19H18F2N6OS. The molecule has 0 saturated heterocycles. The first-order valence-corrected chi connectivity index (χ1v) is 9.72. The van der Waals surface area contributed by atoms with Crippen LogP contribution in [-0.2, 0) is 10.5 Å². The highest BCUT2D eigenvalue weighted by Crippen LogP contribution is 2.19. The Morgan fingerprint density at radius 3 is 2.66 bits per heavy atom. The van der Waals surface area contributed by atoms with Crippen molar-refractivity contribution in [2.24, 2.45) is 0 Å². The first-order chi connectivity index (χ1) is 13.9. The smallest absolute Gasteiger partial charge is 0.234 e. The zero-order valence-corrected chi connectivity index (χ0v) is 16.3. The van der Waals surface area contributed by atoms with Gasteiger partial charge in [-0.3, -0.25) is 4.79 Å². The van der Waals surface area contributed by atoms with Crippen molar-refractivity contribution in [3.05, 3.63) is 65.5 Å². The number of amides is 1. The van der Waals surface area contributed by atoms with Gasteiger partial charge in [0.05, 0.1) is 11.5 Å². The predicted octanol–water partition coefficient (Wildman–Crippen LogP) is 3.66. The van der Waals surface area contributed by atoms with Gasteiger partial charge in [0.1, 0.15) is 5.82 Å². The Kier molecular flexibility index (Phi) is 6.55. The van der Waals surface area contributed by atoms with Crippen LogP contribution in [0.1, 0.15) is 11.4 Å². The van der Waals surface area contributed by atoms with Crippen molar-refractivity contribution < 1.29 is 13.6 Å². The summed E-state index contributed by atoms with van der Waals surface area (Å²) in [5.74, 6) is -1.16. The first-order valence-electron chi connectivity index (χ1n) is 8.56. The second kappa shape index (κ2) is 9.28. The molecule has 150 valence electrons. The van der Waals surface area contributed by atoms with Crippen LogP contribution in [0.2, 0.25) is 0 Å². The molecule has 10 heteroatoms. The van der Waals surface area contributed by atoms with Crippen LogP contribution >= 0.6 is 11.8 Å². The molecule has 0 radical (unpaired) electrons. The standard InChI is InChI=1S/C19H18F2N6OS/c1-11-4-2-3-5-15(11)24-19-26-16(25-18(22)27-19)9-29-10-17(28)23-12-6-7-13(20)14(21)8-12/h2-8H,9-10H2,1H3,(H,23,28)(H3,22,24,25,26,27). The Hall–Kier alpha value is -3.27. The molecule has 1 heterocycles. The Labute approximate surface area is 170 Å². The average Bonchev–Trinajstić information content (AvgIpc) is 2.66. The van der Waals surface area contributed by atoms with Crippen molar-refractivity contribution in [2.45, 2.75) is 12.7 Å². The third-order valence-electron chi connectivity index (χ3n) is 3.76. The molecule has 0 atom stereocenters. The summed E-state index contributed by atoms with van der Waals surface area (Å²) in [5.41, 5.74) is 7.81. The van der Waals surface area contributed by atoms with Gasteiger partial charge in [-0.2, -0.15) is 15.0 Å². The molecule has 0 bridgehead atoms. The van der Waals surface area contributed by atoms with E-state index in [4.69, 9.17) is 5.73 Å². The Balaban J connectivity index is 1.56. The number of nitrogens with one attached hydrogen (secondary N) is 2. The fourth-order valence-corrected chi connectivity index (χ4v) is 3.07. The van der Waals surface area contributed by atoms with Gasteiger partial charge < -0.3 is 16.4 Å². The monoisotopic (exact) mass is 416 g/mol. The van der Waals surface area contributed by atoms with E-state index in [0.29, 0.717) is 17.5 Å². The highest BCUT2D eigenvalue weighted by atomic mass is 32.2. The quantitative estimate of drug-likeness (QED) is 0.540. The number of aromatic nitrogens is 3. The van der Waals surface area contributed by atoms with E-state index in [-0.39, 0.29) is 23.3 Å². The van der Waals surface area contributed by atoms with Crippen LogP contribution in [0.15, 0.2) is 42.5 Å². The summed E-state index contributed by atoms with van der Waals surface area (Å²) in [4.78, 5) is 24.4. The van der Waals surface area contributed by atoms with E-state index in [1.807, 2.05) is 31.2 Å². The lowest BCUT2D eigenvalue weighted by molar-refractivity contribution is -0.113. The zero-order chi connectivity index (χ0) is 20.8. The molecule has 1 aromatic heterocycles. The lowest BCUT2D eigenvalue weighted by atomic mass is 10.2. The SMILES string of the molecule is Cc1ccccc1Nc1nc(N)nc(CSCC(=O)Nc2ccc(F)c(F)c2)n1. The van der Waals surface area contributed by atoms with Crippen LogP contribution in [0.5, 0.6) is 0 Å². The third kappa shape index (κ3) is 5.85. The fraction of sp³-hybridized carbons (Fsp3) is 0.158. The zero-order valence-electron chi connectivity index (χ0n) is 15.4. The minimum atomic E-state index is -1.02. The summed E-state index contributed by atoms with van der Waals surface area (Å²) in [6.45, 7) is 1.95. The molecule has 0 fully saturated rings. The van der Waals surface area contributed by atoms with Crippen molar-refractivity contribution in [1.82, 2.24) is 15.0 Å². The summed E-state index contributed by atoms with van der Waals surface area (Å²) < 4.78 is 26.1. The summed E-state index contributed by atoms with van der Waals surface area (Å²) in [7, 11) is 0. The number of benzene rings is 2. The third-order valence-corrected chi connectivity index (χ3v) is 4.69. The fourth-order valence-electron chi connectivity index (χ4n) is 2.40. The number of carbonyl (C=O) groups excluding carboxylic acids is 1. The van der Waals surface area contributed by atoms with Crippen LogP contribution in [-0.4, -0.2) is 26.6 Å². The lowest BCUT2D eigenvalue weighted by Crippen LogP contribution is -2.15. The van der Waals surface area contributed by atoms with Crippen LogP contribution in [0, 0.1) is 18.6 Å². The molecule has 0 saturated carbocycles. The number of para-hydroxylation sites is 1. The van der Waals surface area contributed by atoms with Crippen LogP contribution < -0.4 is 16.4 Å². The molecule has 0 unspecified atom stereocenters. The summed E-state index contributed by atoms with van der Waals surface area (Å²) in [6, 6.07) is 10.8. The summed E-state index contributed by atoms with van der Waals surface area (Å²) >= 11 is 1.25. The van der Waals surface area contributed by atoms with Crippen molar-refractivity contribution in [1.29, 1.82) is 0 Å². The number of rotatable bonds is 7. The van der Waals surface area contributed by atoms with E-state index in [1.165, 1.54) is 17.8 Å². The topological polar surface area (TPSA) is 106 Å². The van der Waals surface area contributed by atoms with Crippen LogP contribution in [0.25, 0.3) is 0 Å². The van der Waals surface area contributed by atoms with Gasteiger partial charge in [-0.05, 0) is 30.7 Å². The van der Waals surface area contributed by atoms with E-state index >= 15 is 0 Å². The highest BCUT2D eigenvalue weighted by molar-refractivity contribution is 7.99. The number of carbonyl (C=O) groups is 1. The number of nitrogens with two attached hydrogens (primary N) is 1. The van der Waals surface area contributed by atoms with Gasteiger partial charge in [-0.15, -0.1) is 11.8 Å². The van der Waals surface area contributed by atoms with Gasteiger partial charge in [0.25, 0.3) is 0 Å². The Morgan fingerprint density at radius 2 is 1.90 bits per heavy atom. The number of thioether (sulfide) groups is 1. The van der Waals surface area contributed by atoms with Gasteiger partial charge in [-0.1, -0.05) is 18.2 Å². The average molecular weight is 416 g/mol. The van der Waals surface area contributed by atoms with Gasteiger partial charge >= 0.3 is 0 Å². The van der Waals surface area contributed by atoms with Crippen molar-refractivity contribution >= 4 is 40.9 Å². The van der Waals surface area contributed by atoms with Gasteiger partial charge in [0.15, 0.2) is 11.6 Å². The molecule has 29 heavy (non-hydrogen) atoms. The van der Waals surface area contributed by atoms with E-state index in [1.54, 1.807) is 0 Å². The van der Waals surface area contributed by atoms with E-state index in [9.17, 15) is 13.6 Å². The number of anilines is 4. The van der Waals surface area contributed by atoms with Gasteiger partial charge in [0.2, 0.25) is 17.8 Å².